The van der Waals surface area contributed by atoms with Crippen LogP contribution in [0.4, 0.5) is 35.7 Å². The third-order valence-electron chi connectivity index (χ3n) is 5.29. The van der Waals surface area contributed by atoms with E-state index in [1.54, 1.807) is 11.8 Å². The van der Waals surface area contributed by atoms with Gasteiger partial charge >= 0.3 is 12.3 Å². The van der Waals surface area contributed by atoms with E-state index in [9.17, 15) is 18.0 Å². The van der Waals surface area contributed by atoms with Crippen molar-refractivity contribution in [1.82, 2.24) is 19.9 Å². The Kier molecular flexibility index (Phi) is 6.21. The van der Waals surface area contributed by atoms with Gasteiger partial charge in [-0.2, -0.15) is 18.2 Å². The van der Waals surface area contributed by atoms with Gasteiger partial charge < -0.3 is 24.8 Å². The molecule has 1 amide bonds. The maximum absolute atomic E-state index is 13.7. The summed E-state index contributed by atoms with van der Waals surface area (Å²) >= 11 is 0. The number of amides is 1. The van der Waals surface area contributed by atoms with Crippen molar-refractivity contribution in [1.29, 1.82) is 0 Å². The number of hydrogen-bond donors (Lipinski definition) is 1. The number of morpholine rings is 1. The topological polar surface area (TPSA) is 129 Å². The van der Waals surface area contributed by atoms with E-state index >= 15 is 0 Å². The predicted molar refractivity (Wildman–Crippen MR) is 110 cm³/mol. The lowest BCUT2D eigenvalue weighted by Gasteiger charge is -2.29. The monoisotopic (exact) mass is 469 g/mol. The Hall–Kier alpha value is -3.26. The summed E-state index contributed by atoms with van der Waals surface area (Å²) in [6, 6.07) is 0.739. The van der Waals surface area contributed by atoms with Gasteiger partial charge in [-0.25, -0.2) is 19.7 Å². The molecule has 0 spiro atoms. The molecule has 2 fully saturated rings. The number of hydrogen-bond acceptors (Lipinski definition) is 10. The molecule has 2 atom stereocenters. The number of halogens is 3. The van der Waals surface area contributed by atoms with E-state index in [1.165, 1.54) is 18.1 Å². The molecular formula is C19H22F3N7O4. The van der Waals surface area contributed by atoms with Crippen molar-refractivity contribution in [3.8, 4) is 11.3 Å². The molecule has 33 heavy (non-hydrogen) atoms. The lowest BCUT2D eigenvalue weighted by Crippen LogP contribution is -2.41. The lowest BCUT2D eigenvalue weighted by molar-refractivity contribution is -0.140. The van der Waals surface area contributed by atoms with E-state index in [1.807, 2.05) is 0 Å². The molecule has 0 radical (unpaired) electrons. The number of anilines is 3. The summed E-state index contributed by atoms with van der Waals surface area (Å²) < 4.78 is 57.0. The van der Waals surface area contributed by atoms with Crippen molar-refractivity contribution >= 4 is 23.8 Å². The van der Waals surface area contributed by atoms with E-state index in [4.69, 9.17) is 19.9 Å². The van der Waals surface area contributed by atoms with Gasteiger partial charge in [0.05, 0.1) is 25.5 Å². The highest BCUT2D eigenvalue weighted by atomic mass is 19.4. The van der Waals surface area contributed by atoms with Crippen LogP contribution in [-0.2, 0) is 20.4 Å². The zero-order valence-electron chi connectivity index (χ0n) is 17.9. The Morgan fingerprint density at radius 3 is 2.64 bits per heavy atom. The van der Waals surface area contributed by atoms with E-state index < -0.39 is 41.6 Å². The number of nitrogens with two attached hydrogens (primary N) is 1. The van der Waals surface area contributed by atoms with Crippen molar-refractivity contribution in [2.45, 2.75) is 25.2 Å². The van der Waals surface area contributed by atoms with Gasteiger partial charge in [0.1, 0.15) is 18.0 Å². The molecule has 4 heterocycles. The van der Waals surface area contributed by atoms with Crippen LogP contribution in [-0.4, -0.2) is 78.2 Å². The third-order valence-corrected chi connectivity index (χ3v) is 5.29. The first-order valence-electron chi connectivity index (χ1n) is 10.1. The van der Waals surface area contributed by atoms with E-state index in [0.717, 1.165) is 6.20 Å². The average Bonchev–Trinajstić information content (AvgIpc) is 3.06. The molecule has 4 rings (SSSR count). The maximum Gasteiger partial charge on any atom is 0.434 e. The predicted octanol–water partition coefficient (Wildman–Crippen LogP) is 1.73. The van der Waals surface area contributed by atoms with Crippen LogP contribution in [0.15, 0.2) is 12.3 Å². The summed E-state index contributed by atoms with van der Waals surface area (Å²) in [6.45, 7) is 3.48. The van der Waals surface area contributed by atoms with Crippen molar-refractivity contribution in [3.05, 3.63) is 18.0 Å². The minimum Gasteiger partial charge on any atom is -0.444 e. The van der Waals surface area contributed by atoms with Gasteiger partial charge in [-0.15, -0.1) is 0 Å². The number of alkyl halides is 3. The quantitative estimate of drug-likeness (QED) is 0.691. The Balaban J connectivity index is 1.88. The van der Waals surface area contributed by atoms with Crippen molar-refractivity contribution < 1.29 is 32.2 Å². The number of ether oxygens (including phenoxy) is 3. The number of nitrogen functional groups attached to an aromatic ring is 1. The molecule has 0 saturated carbocycles. The highest BCUT2D eigenvalue weighted by molar-refractivity contribution is 5.90. The number of carbonyl (C=O) groups is 1. The fourth-order valence-corrected chi connectivity index (χ4v) is 3.67. The van der Waals surface area contributed by atoms with Gasteiger partial charge in [-0.1, -0.05) is 0 Å². The fourth-order valence-electron chi connectivity index (χ4n) is 3.67. The van der Waals surface area contributed by atoms with E-state index in [-0.39, 0.29) is 24.1 Å². The lowest BCUT2D eigenvalue weighted by atomic mass is 10.1. The summed E-state index contributed by atoms with van der Waals surface area (Å²) in [4.78, 5) is 31.6. The summed E-state index contributed by atoms with van der Waals surface area (Å²) in [5.74, 6) is -0.312. The Labute approximate surface area is 186 Å². The number of cyclic esters (lactones) is 1. The molecule has 2 saturated heterocycles. The van der Waals surface area contributed by atoms with Crippen LogP contribution in [0.25, 0.3) is 11.3 Å². The molecule has 2 aromatic rings. The van der Waals surface area contributed by atoms with Crippen LogP contribution in [0, 0.1) is 0 Å². The zero-order chi connectivity index (χ0) is 23.8. The molecule has 0 unspecified atom stereocenters. The molecule has 178 valence electrons. The van der Waals surface area contributed by atoms with Gasteiger partial charge in [0.15, 0.2) is 5.69 Å². The van der Waals surface area contributed by atoms with Gasteiger partial charge in [-0.05, 0) is 6.92 Å². The first kappa shape index (κ1) is 22.9. The SMILES string of the molecule is COC[C@H]1[C@@H](C)OC(=O)N1c1cc(-c2cnc(N)nc2C(F)(F)F)nc(N2CCOCC2)n1. The van der Waals surface area contributed by atoms with Crippen molar-refractivity contribution in [2.24, 2.45) is 0 Å². The third kappa shape index (κ3) is 4.61. The summed E-state index contributed by atoms with van der Waals surface area (Å²) in [5.41, 5.74) is 3.66. The second-order valence-corrected chi connectivity index (χ2v) is 7.48. The molecule has 2 N–H and O–H groups in total. The Bertz CT molecular complexity index is 1030. The van der Waals surface area contributed by atoms with Crippen LogP contribution in [0.1, 0.15) is 12.6 Å². The molecule has 14 heteroatoms. The number of carbonyl (C=O) groups excluding carboxylic acids is 1. The number of rotatable bonds is 5. The largest absolute Gasteiger partial charge is 0.444 e. The smallest absolute Gasteiger partial charge is 0.434 e. The zero-order valence-corrected chi connectivity index (χ0v) is 17.9. The highest BCUT2D eigenvalue weighted by Gasteiger charge is 2.42. The summed E-state index contributed by atoms with van der Waals surface area (Å²) in [7, 11) is 1.47. The fraction of sp³-hybridized carbons (Fsp3) is 0.526. The average molecular weight is 469 g/mol. The Morgan fingerprint density at radius 2 is 1.97 bits per heavy atom. The van der Waals surface area contributed by atoms with Crippen LogP contribution >= 0.6 is 0 Å². The van der Waals surface area contributed by atoms with Gasteiger partial charge in [-0.3, -0.25) is 4.90 Å². The number of methoxy groups -OCH3 is 1. The first-order valence-corrected chi connectivity index (χ1v) is 10.1. The minimum atomic E-state index is -4.81. The summed E-state index contributed by atoms with van der Waals surface area (Å²) in [6.07, 6.45) is -5.06. The van der Waals surface area contributed by atoms with Gasteiger partial charge in [0.25, 0.3) is 0 Å². The highest BCUT2D eigenvalue weighted by Crippen LogP contribution is 2.37. The van der Waals surface area contributed by atoms with Gasteiger partial charge in [0, 0.05) is 38.0 Å². The van der Waals surface area contributed by atoms with Crippen molar-refractivity contribution in [2.75, 3.05) is 55.6 Å². The molecule has 2 aliphatic rings. The molecule has 0 aliphatic carbocycles. The second-order valence-electron chi connectivity index (χ2n) is 7.48. The molecule has 0 aromatic carbocycles. The molecular weight excluding hydrogens is 447 g/mol. The molecule has 2 aliphatic heterocycles. The number of nitrogens with zero attached hydrogens (tertiary/aromatic N) is 6. The maximum atomic E-state index is 13.7. The number of aromatic nitrogens is 4. The van der Waals surface area contributed by atoms with Crippen LogP contribution < -0.4 is 15.5 Å². The standard InChI is InChI=1S/C19H22F3N7O4/c1-10-13(9-31-2)29(18(30)33-10)14-7-12(25-17(26-14)28-3-5-32-6-4-28)11-8-24-16(23)27-15(11)19(20,21)22/h7-8,10,13H,3-6,9H2,1-2H3,(H2,23,24,27)/t10-,13+/m1/s1. The molecule has 11 nitrogen and oxygen atoms in total. The Morgan fingerprint density at radius 1 is 1.24 bits per heavy atom. The second kappa shape index (κ2) is 8.94. The van der Waals surface area contributed by atoms with Crippen LogP contribution in [0.3, 0.4) is 0 Å². The molecule has 2 aromatic heterocycles. The van der Waals surface area contributed by atoms with Gasteiger partial charge in [0.2, 0.25) is 11.9 Å². The molecule has 0 bridgehead atoms. The van der Waals surface area contributed by atoms with Crippen molar-refractivity contribution in [3.63, 3.8) is 0 Å². The van der Waals surface area contributed by atoms with Crippen LogP contribution in [0.2, 0.25) is 0 Å². The van der Waals surface area contributed by atoms with E-state index in [2.05, 4.69) is 19.9 Å². The van der Waals surface area contributed by atoms with E-state index in [0.29, 0.717) is 26.3 Å². The minimum absolute atomic E-state index is 0.0721. The first-order chi connectivity index (χ1) is 15.7. The van der Waals surface area contributed by atoms with Crippen LogP contribution in [0.5, 0.6) is 0 Å². The summed E-state index contributed by atoms with van der Waals surface area (Å²) in [5, 5.41) is 0. The normalized spacial score (nSPS) is 21.4.